The lowest BCUT2D eigenvalue weighted by atomic mass is 10.2. The predicted molar refractivity (Wildman–Crippen MR) is 127 cm³/mol. The van der Waals surface area contributed by atoms with Gasteiger partial charge in [-0.2, -0.15) is 4.98 Å². The minimum absolute atomic E-state index is 0.0241. The van der Waals surface area contributed by atoms with Gasteiger partial charge in [0.25, 0.3) is 5.56 Å². The van der Waals surface area contributed by atoms with E-state index in [1.807, 2.05) is 16.8 Å². The summed E-state index contributed by atoms with van der Waals surface area (Å²) in [7, 11) is 0. The van der Waals surface area contributed by atoms with Crippen molar-refractivity contribution in [2.45, 2.75) is 57.4 Å². The van der Waals surface area contributed by atoms with Crippen LogP contribution in [-0.2, 0) is 0 Å². The number of nitrogens with zero attached hydrogens (tertiary/aromatic N) is 5. The molecule has 0 unspecified atom stereocenters. The first kappa shape index (κ1) is 20.4. The van der Waals surface area contributed by atoms with Crippen LogP contribution in [0.5, 0.6) is 0 Å². The number of hydrogen-bond donors (Lipinski definition) is 1. The molecule has 162 valence electrons. The molecule has 5 rings (SSSR count). The number of hydrogen-bond acceptors (Lipinski definition) is 6. The second-order valence-electron chi connectivity index (χ2n) is 8.51. The van der Waals surface area contributed by atoms with Crippen LogP contribution in [0.15, 0.2) is 39.9 Å². The summed E-state index contributed by atoms with van der Waals surface area (Å²) >= 11 is 3.41. The third-order valence-electron chi connectivity index (χ3n) is 6.38. The molecule has 1 aliphatic heterocycles. The highest BCUT2D eigenvalue weighted by Crippen LogP contribution is 2.31. The molecule has 0 radical (unpaired) electrons. The number of anilines is 3. The first-order chi connectivity index (χ1) is 15.2. The molecule has 7 nitrogen and oxygen atoms in total. The smallest absolute Gasteiger partial charge is 0.266 e. The van der Waals surface area contributed by atoms with Crippen molar-refractivity contribution in [2.75, 3.05) is 23.3 Å². The van der Waals surface area contributed by atoms with E-state index in [-0.39, 0.29) is 11.6 Å². The first-order valence-corrected chi connectivity index (χ1v) is 12.0. The zero-order chi connectivity index (χ0) is 21.2. The standard InChI is InChI=1S/C23H27BrN6O/c24-19-13-16-14-26-23(28-21(16)30(22(19)31)17-7-3-4-8-17)27-20-10-9-18(15-25-20)29-11-5-1-2-6-12-29/h9-10,13-15,17H,1-8,11-12H2,(H,25,26,27,28). The van der Waals surface area contributed by atoms with E-state index in [0.717, 1.165) is 49.8 Å². The fourth-order valence-corrected chi connectivity index (χ4v) is 5.18. The average Bonchev–Trinajstić information content (AvgIpc) is 3.17. The van der Waals surface area contributed by atoms with E-state index < -0.39 is 0 Å². The molecule has 0 atom stereocenters. The Morgan fingerprint density at radius 3 is 2.45 bits per heavy atom. The van der Waals surface area contributed by atoms with Gasteiger partial charge in [-0.15, -0.1) is 0 Å². The van der Waals surface area contributed by atoms with Crippen LogP contribution < -0.4 is 15.8 Å². The van der Waals surface area contributed by atoms with Crippen LogP contribution in [0.3, 0.4) is 0 Å². The van der Waals surface area contributed by atoms with Crippen molar-refractivity contribution in [3.63, 3.8) is 0 Å². The van der Waals surface area contributed by atoms with Crippen molar-refractivity contribution in [3.8, 4) is 0 Å². The summed E-state index contributed by atoms with van der Waals surface area (Å²) in [5.74, 6) is 1.15. The topological polar surface area (TPSA) is 75.9 Å². The van der Waals surface area contributed by atoms with Crippen molar-refractivity contribution in [3.05, 3.63) is 45.4 Å². The number of halogens is 1. The van der Waals surface area contributed by atoms with Gasteiger partial charge in [0.1, 0.15) is 11.5 Å². The number of pyridine rings is 2. The molecule has 0 amide bonds. The first-order valence-electron chi connectivity index (χ1n) is 11.2. The fraction of sp³-hybridized carbons (Fsp3) is 0.478. The molecule has 0 spiro atoms. The van der Waals surface area contributed by atoms with E-state index in [0.29, 0.717) is 21.9 Å². The number of aromatic nitrogens is 4. The lowest BCUT2D eigenvalue weighted by molar-refractivity contribution is 0.514. The van der Waals surface area contributed by atoms with Crippen LogP contribution in [0.2, 0.25) is 0 Å². The normalized spacial score (nSPS) is 17.8. The second-order valence-corrected chi connectivity index (χ2v) is 9.36. The quantitative estimate of drug-likeness (QED) is 0.551. The minimum Gasteiger partial charge on any atom is -0.370 e. The maximum absolute atomic E-state index is 12.9. The molecule has 1 saturated carbocycles. The van der Waals surface area contributed by atoms with E-state index >= 15 is 0 Å². The third kappa shape index (κ3) is 4.31. The van der Waals surface area contributed by atoms with E-state index in [9.17, 15) is 4.79 Å². The van der Waals surface area contributed by atoms with E-state index in [1.165, 1.54) is 25.7 Å². The third-order valence-corrected chi connectivity index (χ3v) is 6.95. The highest BCUT2D eigenvalue weighted by atomic mass is 79.9. The van der Waals surface area contributed by atoms with E-state index in [4.69, 9.17) is 4.98 Å². The van der Waals surface area contributed by atoms with Gasteiger partial charge in [0.05, 0.1) is 16.4 Å². The molecule has 1 saturated heterocycles. The summed E-state index contributed by atoms with van der Waals surface area (Å²) in [6, 6.07) is 6.08. The van der Waals surface area contributed by atoms with Crippen LogP contribution in [0, 0.1) is 0 Å². The van der Waals surface area contributed by atoms with Crippen LogP contribution in [-0.4, -0.2) is 32.6 Å². The van der Waals surface area contributed by atoms with E-state index in [1.54, 1.807) is 12.3 Å². The fourth-order valence-electron chi connectivity index (χ4n) is 4.74. The highest BCUT2D eigenvalue weighted by molar-refractivity contribution is 9.10. The molecular weight excluding hydrogens is 456 g/mol. The van der Waals surface area contributed by atoms with Crippen LogP contribution in [0.1, 0.15) is 57.4 Å². The summed E-state index contributed by atoms with van der Waals surface area (Å²) in [5.41, 5.74) is 1.81. The zero-order valence-electron chi connectivity index (χ0n) is 17.6. The Labute approximate surface area is 190 Å². The van der Waals surface area contributed by atoms with Gasteiger partial charge in [-0.25, -0.2) is 9.97 Å². The number of nitrogens with one attached hydrogen (secondary N) is 1. The monoisotopic (exact) mass is 482 g/mol. The number of fused-ring (bicyclic) bond motifs is 1. The van der Waals surface area contributed by atoms with Crippen LogP contribution in [0.4, 0.5) is 17.5 Å². The summed E-state index contributed by atoms with van der Waals surface area (Å²) in [4.78, 5) is 29.0. The van der Waals surface area contributed by atoms with Crippen molar-refractivity contribution in [1.29, 1.82) is 0 Å². The van der Waals surface area contributed by atoms with E-state index in [2.05, 4.69) is 42.2 Å². The zero-order valence-corrected chi connectivity index (χ0v) is 19.1. The molecule has 3 aromatic heterocycles. The Balaban J connectivity index is 1.42. The van der Waals surface area contributed by atoms with Gasteiger partial charge in [0.2, 0.25) is 5.95 Å². The Bertz CT molecular complexity index is 1120. The maximum atomic E-state index is 12.9. The molecule has 1 N–H and O–H groups in total. The SMILES string of the molecule is O=c1c(Br)cc2cnc(Nc3ccc(N4CCCCCC4)cn3)nc2n1C1CCCC1. The predicted octanol–water partition coefficient (Wildman–Crippen LogP) is 5.19. The molecule has 3 aromatic rings. The van der Waals surface area contributed by atoms with Gasteiger partial charge in [-0.1, -0.05) is 25.7 Å². The summed E-state index contributed by atoms with van der Waals surface area (Å²) in [6.45, 7) is 2.19. The van der Waals surface area contributed by atoms with Gasteiger partial charge >= 0.3 is 0 Å². The van der Waals surface area contributed by atoms with Gasteiger partial charge in [-0.05, 0) is 59.8 Å². The van der Waals surface area contributed by atoms with Gasteiger partial charge in [-0.3, -0.25) is 9.36 Å². The Morgan fingerprint density at radius 2 is 1.74 bits per heavy atom. The van der Waals surface area contributed by atoms with Crippen molar-refractivity contribution in [2.24, 2.45) is 0 Å². The van der Waals surface area contributed by atoms with Crippen molar-refractivity contribution >= 4 is 44.4 Å². The summed E-state index contributed by atoms with van der Waals surface area (Å²) in [6.07, 6.45) is 13.1. The molecule has 1 aliphatic carbocycles. The molecule has 2 fully saturated rings. The lowest BCUT2D eigenvalue weighted by Crippen LogP contribution is -2.25. The van der Waals surface area contributed by atoms with Gasteiger partial charge < -0.3 is 10.2 Å². The molecule has 0 aromatic carbocycles. The maximum Gasteiger partial charge on any atom is 0.266 e. The Morgan fingerprint density at radius 1 is 0.968 bits per heavy atom. The summed E-state index contributed by atoms with van der Waals surface area (Å²) in [5, 5.41) is 4.07. The number of rotatable bonds is 4. The largest absolute Gasteiger partial charge is 0.370 e. The van der Waals surface area contributed by atoms with Gasteiger partial charge in [0, 0.05) is 30.7 Å². The minimum atomic E-state index is -0.0241. The second kappa shape index (κ2) is 8.94. The molecular formula is C23H27BrN6O. The Hall–Kier alpha value is -2.48. The van der Waals surface area contributed by atoms with Crippen molar-refractivity contribution in [1.82, 2.24) is 19.5 Å². The Kier molecular flexibility index (Phi) is 5.89. The van der Waals surface area contributed by atoms with Crippen molar-refractivity contribution < 1.29 is 0 Å². The van der Waals surface area contributed by atoms with Crippen LogP contribution >= 0.6 is 15.9 Å². The van der Waals surface area contributed by atoms with Gasteiger partial charge in [0.15, 0.2) is 0 Å². The molecule has 31 heavy (non-hydrogen) atoms. The lowest BCUT2D eigenvalue weighted by Gasteiger charge is -2.22. The molecule has 2 aliphatic rings. The molecule has 4 heterocycles. The highest BCUT2D eigenvalue weighted by Gasteiger charge is 2.22. The average molecular weight is 483 g/mol. The molecule has 0 bridgehead atoms. The summed E-state index contributed by atoms with van der Waals surface area (Å²) < 4.78 is 2.40. The molecule has 8 heteroatoms. The van der Waals surface area contributed by atoms with Crippen LogP contribution in [0.25, 0.3) is 11.0 Å².